The molecule has 0 aromatic carbocycles. The van der Waals surface area contributed by atoms with E-state index >= 15 is 0 Å². The quantitative estimate of drug-likeness (QED) is 0.621. The van der Waals surface area contributed by atoms with Crippen LogP contribution in [0.25, 0.3) is 0 Å². The van der Waals surface area contributed by atoms with Crippen molar-refractivity contribution in [2.24, 2.45) is 0 Å². The van der Waals surface area contributed by atoms with Gasteiger partial charge in [-0.25, -0.2) is 0 Å². The van der Waals surface area contributed by atoms with Crippen LogP contribution in [0.1, 0.15) is 27.2 Å². The molecular weight excluding hydrogens is 148 g/mol. The van der Waals surface area contributed by atoms with Crippen molar-refractivity contribution in [1.82, 2.24) is 9.80 Å². The van der Waals surface area contributed by atoms with E-state index in [0.29, 0.717) is 12.2 Å². The first-order chi connectivity index (χ1) is 5.70. The Kier molecular flexibility index (Phi) is 3.15. The van der Waals surface area contributed by atoms with Gasteiger partial charge < -0.3 is 4.90 Å². The predicted molar refractivity (Wildman–Crippen MR) is 52.8 cm³/mol. The summed E-state index contributed by atoms with van der Waals surface area (Å²) in [6.45, 7) is 7.79. The number of likely N-dealkylation sites (N-methyl/N-ethyl adjacent to an activating group) is 1. The molecule has 1 rings (SSSR count). The number of hydrogen-bond donors (Lipinski definition) is 0. The first-order valence-electron chi connectivity index (χ1n) is 4.86. The molecule has 1 aliphatic heterocycles. The third-order valence-corrected chi connectivity index (χ3v) is 2.88. The molecule has 0 bridgehead atoms. The van der Waals surface area contributed by atoms with Crippen LogP contribution in [-0.2, 0) is 0 Å². The topological polar surface area (TPSA) is 6.48 Å². The van der Waals surface area contributed by atoms with Gasteiger partial charge in [-0.2, -0.15) is 0 Å². The molecule has 12 heavy (non-hydrogen) atoms. The van der Waals surface area contributed by atoms with E-state index in [-0.39, 0.29) is 0 Å². The fraction of sp³-hybridized carbons (Fsp3) is 0.800. The van der Waals surface area contributed by atoms with Crippen molar-refractivity contribution in [2.45, 2.75) is 39.4 Å². The summed E-state index contributed by atoms with van der Waals surface area (Å²) in [6, 6.07) is 0.628. The third-order valence-electron chi connectivity index (χ3n) is 2.88. The molecule has 0 aliphatic carbocycles. The van der Waals surface area contributed by atoms with Gasteiger partial charge in [-0.05, 0) is 33.5 Å². The zero-order chi connectivity index (χ0) is 9.14. The number of nitrogens with zero attached hydrogens (tertiary/aromatic N) is 2. The van der Waals surface area contributed by atoms with Crippen molar-refractivity contribution in [1.29, 1.82) is 0 Å². The Morgan fingerprint density at radius 2 is 2.00 bits per heavy atom. The second-order valence-corrected chi connectivity index (χ2v) is 3.44. The second kappa shape index (κ2) is 3.94. The Morgan fingerprint density at radius 1 is 1.33 bits per heavy atom. The lowest BCUT2D eigenvalue weighted by Crippen LogP contribution is -2.49. The summed E-state index contributed by atoms with van der Waals surface area (Å²) in [5.74, 6) is 0. The molecule has 1 heterocycles. The maximum Gasteiger partial charge on any atom is 0.0788 e. The molecule has 0 fully saturated rings. The first-order valence-corrected chi connectivity index (χ1v) is 4.86. The van der Waals surface area contributed by atoms with Crippen molar-refractivity contribution in [3.05, 3.63) is 12.3 Å². The summed E-state index contributed by atoms with van der Waals surface area (Å²) in [5, 5.41) is 0. The molecule has 0 spiro atoms. The van der Waals surface area contributed by atoms with Gasteiger partial charge in [0.05, 0.1) is 6.17 Å². The van der Waals surface area contributed by atoms with Crippen molar-refractivity contribution in [3.63, 3.8) is 0 Å². The molecule has 0 saturated carbocycles. The van der Waals surface area contributed by atoms with Crippen molar-refractivity contribution >= 4 is 0 Å². The van der Waals surface area contributed by atoms with Crippen LogP contribution in [0.4, 0.5) is 0 Å². The fourth-order valence-corrected chi connectivity index (χ4v) is 1.77. The standard InChI is InChI=1S/C10H20N2/c1-5-10-7-8-12(6-2)9(3)11(10)4/h7-10H,5-6H2,1-4H3. The van der Waals surface area contributed by atoms with Gasteiger partial charge in [0.25, 0.3) is 0 Å². The largest absolute Gasteiger partial charge is 0.363 e. The Bertz CT molecular complexity index is 147. The van der Waals surface area contributed by atoms with Gasteiger partial charge >= 0.3 is 0 Å². The van der Waals surface area contributed by atoms with E-state index in [9.17, 15) is 0 Å². The highest BCUT2D eigenvalue weighted by molar-refractivity contribution is 4.99. The number of hydrogen-bond acceptors (Lipinski definition) is 2. The third kappa shape index (κ3) is 1.63. The predicted octanol–water partition coefficient (Wildman–Crippen LogP) is 1.89. The molecule has 70 valence electrons. The summed E-state index contributed by atoms with van der Waals surface area (Å²) < 4.78 is 0. The zero-order valence-corrected chi connectivity index (χ0v) is 8.62. The highest BCUT2D eigenvalue weighted by Crippen LogP contribution is 2.17. The summed E-state index contributed by atoms with van der Waals surface area (Å²) >= 11 is 0. The Labute approximate surface area is 75.8 Å². The van der Waals surface area contributed by atoms with Crippen LogP contribution in [0.15, 0.2) is 12.3 Å². The van der Waals surface area contributed by atoms with Crippen LogP contribution in [0.2, 0.25) is 0 Å². The van der Waals surface area contributed by atoms with E-state index in [0.717, 1.165) is 6.54 Å². The molecule has 0 aromatic rings. The highest BCUT2D eigenvalue weighted by atomic mass is 15.4. The van der Waals surface area contributed by atoms with Crippen LogP contribution in [-0.4, -0.2) is 35.6 Å². The van der Waals surface area contributed by atoms with Gasteiger partial charge in [0.1, 0.15) is 0 Å². The van der Waals surface area contributed by atoms with Crippen molar-refractivity contribution in [2.75, 3.05) is 13.6 Å². The van der Waals surface area contributed by atoms with Crippen LogP contribution >= 0.6 is 0 Å². The Morgan fingerprint density at radius 3 is 2.50 bits per heavy atom. The Balaban J connectivity index is 2.68. The van der Waals surface area contributed by atoms with E-state index in [1.54, 1.807) is 0 Å². The molecule has 0 radical (unpaired) electrons. The summed E-state index contributed by atoms with van der Waals surface area (Å²) in [4.78, 5) is 4.77. The lowest BCUT2D eigenvalue weighted by atomic mass is 10.1. The summed E-state index contributed by atoms with van der Waals surface area (Å²) in [5.41, 5.74) is 0. The minimum Gasteiger partial charge on any atom is -0.363 e. The molecule has 1 aliphatic rings. The average Bonchev–Trinajstić information content (AvgIpc) is 2.10. The molecule has 0 saturated heterocycles. The molecule has 2 heteroatoms. The molecule has 2 unspecified atom stereocenters. The molecule has 2 nitrogen and oxygen atoms in total. The van der Waals surface area contributed by atoms with E-state index in [2.05, 4.69) is 49.9 Å². The van der Waals surface area contributed by atoms with E-state index in [1.165, 1.54) is 6.42 Å². The normalized spacial score (nSPS) is 31.2. The van der Waals surface area contributed by atoms with Crippen LogP contribution < -0.4 is 0 Å². The van der Waals surface area contributed by atoms with Gasteiger partial charge in [-0.1, -0.05) is 13.0 Å². The molecule has 0 N–H and O–H groups in total. The van der Waals surface area contributed by atoms with Crippen LogP contribution in [0, 0.1) is 0 Å². The van der Waals surface area contributed by atoms with Crippen LogP contribution in [0.5, 0.6) is 0 Å². The second-order valence-electron chi connectivity index (χ2n) is 3.44. The van der Waals surface area contributed by atoms with E-state index in [4.69, 9.17) is 0 Å². The highest BCUT2D eigenvalue weighted by Gasteiger charge is 2.22. The smallest absolute Gasteiger partial charge is 0.0788 e. The lowest BCUT2D eigenvalue weighted by molar-refractivity contribution is 0.0775. The van der Waals surface area contributed by atoms with Crippen molar-refractivity contribution < 1.29 is 0 Å². The first kappa shape index (κ1) is 9.59. The van der Waals surface area contributed by atoms with Crippen LogP contribution in [0.3, 0.4) is 0 Å². The van der Waals surface area contributed by atoms with E-state index < -0.39 is 0 Å². The SMILES string of the molecule is CCC1C=CN(CC)C(C)N1C. The maximum absolute atomic E-state index is 2.42. The van der Waals surface area contributed by atoms with Gasteiger partial charge in [-0.15, -0.1) is 0 Å². The fourth-order valence-electron chi connectivity index (χ4n) is 1.77. The van der Waals surface area contributed by atoms with Crippen molar-refractivity contribution in [3.8, 4) is 0 Å². The average molecular weight is 168 g/mol. The van der Waals surface area contributed by atoms with Gasteiger partial charge in [0.15, 0.2) is 0 Å². The maximum atomic E-state index is 2.42. The van der Waals surface area contributed by atoms with Gasteiger partial charge in [0.2, 0.25) is 0 Å². The molecular formula is C10H20N2. The number of rotatable bonds is 2. The lowest BCUT2D eigenvalue weighted by Gasteiger charge is -2.41. The van der Waals surface area contributed by atoms with Gasteiger partial charge in [-0.3, -0.25) is 4.90 Å². The van der Waals surface area contributed by atoms with Gasteiger partial charge in [0, 0.05) is 12.6 Å². The molecule has 2 atom stereocenters. The summed E-state index contributed by atoms with van der Waals surface area (Å²) in [6.07, 6.45) is 6.28. The minimum atomic E-state index is 0.546. The monoisotopic (exact) mass is 168 g/mol. The molecule has 0 aromatic heterocycles. The minimum absolute atomic E-state index is 0.546. The molecule has 0 amide bonds. The van der Waals surface area contributed by atoms with E-state index in [1.807, 2.05) is 0 Å². The Hall–Kier alpha value is -0.500. The summed E-state index contributed by atoms with van der Waals surface area (Å²) in [7, 11) is 2.20. The zero-order valence-electron chi connectivity index (χ0n) is 8.62.